The van der Waals surface area contributed by atoms with Crippen LogP contribution in [-0.4, -0.2) is 22.7 Å². The molecule has 100 valence electrons. The summed E-state index contributed by atoms with van der Waals surface area (Å²) >= 11 is 0. The van der Waals surface area contributed by atoms with Crippen molar-refractivity contribution in [1.29, 1.82) is 0 Å². The van der Waals surface area contributed by atoms with Crippen LogP contribution >= 0.6 is 0 Å². The minimum atomic E-state index is -1.07. The van der Waals surface area contributed by atoms with Crippen LogP contribution in [0.25, 0.3) is 0 Å². The van der Waals surface area contributed by atoms with E-state index in [9.17, 15) is 4.79 Å². The van der Waals surface area contributed by atoms with E-state index in [0.717, 1.165) is 17.7 Å². The standard InChI is InChI=1S/C14H15NO4/c1-10-11(8-13(19-10)14(16)17)9-18-7-5-12-4-2-3-6-15-12/h2-4,6,8H,5,7,9H2,1H3,(H,16,17). The van der Waals surface area contributed by atoms with Crippen molar-refractivity contribution in [3.05, 3.63) is 53.2 Å². The first-order valence-corrected chi connectivity index (χ1v) is 5.97. The van der Waals surface area contributed by atoms with Gasteiger partial charge in [0.15, 0.2) is 0 Å². The van der Waals surface area contributed by atoms with E-state index in [1.54, 1.807) is 13.1 Å². The maximum absolute atomic E-state index is 10.7. The monoisotopic (exact) mass is 261 g/mol. The molecule has 2 aromatic heterocycles. The van der Waals surface area contributed by atoms with Crippen LogP contribution in [0, 0.1) is 6.92 Å². The molecule has 0 saturated carbocycles. The lowest BCUT2D eigenvalue weighted by atomic mass is 10.2. The fourth-order valence-electron chi connectivity index (χ4n) is 1.67. The van der Waals surface area contributed by atoms with Gasteiger partial charge < -0.3 is 14.3 Å². The maximum atomic E-state index is 10.7. The third-order valence-corrected chi connectivity index (χ3v) is 2.72. The van der Waals surface area contributed by atoms with Crippen molar-refractivity contribution in [1.82, 2.24) is 4.98 Å². The number of carboxylic acids is 1. The van der Waals surface area contributed by atoms with E-state index >= 15 is 0 Å². The highest BCUT2D eigenvalue weighted by Gasteiger charge is 2.12. The predicted molar refractivity (Wildman–Crippen MR) is 68.0 cm³/mol. The molecule has 1 N–H and O–H groups in total. The van der Waals surface area contributed by atoms with Crippen LogP contribution in [0.4, 0.5) is 0 Å². The van der Waals surface area contributed by atoms with E-state index in [1.807, 2.05) is 18.2 Å². The van der Waals surface area contributed by atoms with Gasteiger partial charge in [0.05, 0.1) is 13.2 Å². The molecule has 2 aromatic rings. The molecule has 0 saturated heterocycles. The second-order valence-electron chi connectivity index (χ2n) is 4.12. The average Bonchev–Trinajstić information content (AvgIpc) is 2.78. The molecule has 2 heterocycles. The summed E-state index contributed by atoms with van der Waals surface area (Å²) in [5.41, 5.74) is 1.73. The molecule has 0 spiro atoms. The van der Waals surface area contributed by atoms with Gasteiger partial charge in [0.25, 0.3) is 0 Å². The van der Waals surface area contributed by atoms with Crippen LogP contribution in [0.2, 0.25) is 0 Å². The summed E-state index contributed by atoms with van der Waals surface area (Å²) in [5, 5.41) is 8.80. The number of hydrogen-bond acceptors (Lipinski definition) is 4. The lowest BCUT2D eigenvalue weighted by Gasteiger charge is -2.02. The normalized spacial score (nSPS) is 10.6. The summed E-state index contributed by atoms with van der Waals surface area (Å²) in [4.78, 5) is 14.9. The molecule has 0 aliphatic carbocycles. The molecule has 0 aromatic carbocycles. The van der Waals surface area contributed by atoms with Crippen molar-refractivity contribution in [3.8, 4) is 0 Å². The predicted octanol–water partition coefficient (Wildman–Crippen LogP) is 2.44. The van der Waals surface area contributed by atoms with E-state index in [-0.39, 0.29) is 5.76 Å². The molecule has 5 heteroatoms. The highest BCUT2D eigenvalue weighted by Crippen LogP contribution is 2.15. The number of aromatic nitrogens is 1. The lowest BCUT2D eigenvalue weighted by molar-refractivity contribution is 0.0661. The Bertz CT molecular complexity index is 548. The third kappa shape index (κ3) is 3.66. The molecule has 0 fully saturated rings. The molecule has 0 aliphatic heterocycles. The minimum absolute atomic E-state index is 0.0548. The van der Waals surface area contributed by atoms with Crippen molar-refractivity contribution >= 4 is 5.97 Å². The minimum Gasteiger partial charge on any atom is -0.475 e. The van der Waals surface area contributed by atoms with Crippen molar-refractivity contribution in [2.24, 2.45) is 0 Å². The molecular weight excluding hydrogens is 246 g/mol. The highest BCUT2D eigenvalue weighted by molar-refractivity contribution is 5.84. The number of pyridine rings is 1. The van der Waals surface area contributed by atoms with Gasteiger partial charge in [0.2, 0.25) is 5.76 Å². The highest BCUT2D eigenvalue weighted by atomic mass is 16.5. The Morgan fingerprint density at radius 2 is 2.32 bits per heavy atom. The third-order valence-electron chi connectivity index (χ3n) is 2.72. The van der Waals surface area contributed by atoms with Gasteiger partial charge in [-0.25, -0.2) is 4.79 Å². The molecule has 2 rings (SSSR count). The first-order chi connectivity index (χ1) is 9.16. The first-order valence-electron chi connectivity index (χ1n) is 5.97. The SMILES string of the molecule is Cc1oc(C(=O)O)cc1COCCc1ccccn1. The number of nitrogens with zero attached hydrogens (tertiary/aromatic N) is 1. The topological polar surface area (TPSA) is 72.6 Å². The number of carbonyl (C=O) groups is 1. The van der Waals surface area contributed by atoms with Crippen molar-refractivity contribution in [3.63, 3.8) is 0 Å². The molecular formula is C14H15NO4. The first kappa shape index (κ1) is 13.3. The quantitative estimate of drug-likeness (QED) is 0.808. The van der Waals surface area contributed by atoms with Gasteiger partial charge in [-0.2, -0.15) is 0 Å². The van der Waals surface area contributed by atoms with Crippen LogP contribution < -0.4 is 0 Å². The number of hydrogen-bond donors (Lipinski definition) is 1. The number of ether oxygens (including phenoxy) is 1. The van der Waals surface area contributed by atoms with Crippen molar-refractivity contribution in [2.75, 3.05) is 6.61 Å². The molecule has 0 atom stereocenters. The van der Waals surface area contributed by atoms with E-state index in [0.29, 0.717) is 19.0 Å². The van der Waals surface area contributed by atoms with E-state index < -0.39 is 5.97 Å². The summed E-state index contributed by atoms with van der Waals surface area (Å²) in [7, 11) is 0. The largest absolute Gasteiger partial charge is 0.475 e. The zero-order valence-corrected chi connectivity index (χ0v) is 10.6. The van der Waals surface area contributed by atoms with Gasteiger partial charge >= 0.3 is 5.97 Å². The number of rotatable bonds is 6. The molecule has 0 bridgehead atoms. The Kier molecular flexibility index (Phi) is 4.30. The zero-order valence-electron chi connectivity index (χ0n) is 10.6. The number of furan rings is 1. The Balaban J connectivity index is 1.81. The van der Waals surface area contributed by atoms with E-state index in [4.69, 9.17) is 14.3 Å². The second kappa shape index (κ2) is 6.15. The molecule has 0 radical (unpaired) electrons. The molecule has 0 amide bonds. The summed E-state index contributed by atoms with van der Waals surface area (Å²) in [6.45, 7) is 2.60. The Labute approximate surface area is 110 Å². The lowest BCUT2D eigenvalue weighted by Crippen LogP contribution is -2.00. The molecule has 19 heavy (non-hydrogen) atoms. The van der Waals surface area contributed by atoms with Gasteiger partial charge in [0, 0.05) is 23.9 Å². The van der Waals surface area contributed by atoms with Gasteiger partial charge in [0.1, 0.15) is 5.76 Å². The van der Waals surface area contributed by atoms with Crippen LogP contribution in [0.3, 0.4) is 0 Å². The van der Waals surface area contributed by atoms with Gasteiger partial charge in [-0.1, -0.05) is 6.07 Å². The summed E-state index contributed by atoms with van der Waals surface area (Å²) < 4.78 is 10.6. The van der Waals surface area contributed by atoms with Crippen LogP contribution in [0.5, 0.6) is 0 Å². The van der Waals surface area contributed by atoms with Crippen LogP contribution in [0.1, 0.15) is 27.6 Å². The smallest absolute Gasteiger partial charge is 0.371 e. The summed E-state index contributed by atoms with van der Waals surface area (Å²) in [6.07, 6.45) is 2.47. The maximum Gasteiger partial charge on any atom is 0.371 e. The van der Waals surface area contributed by atoms with Gasteiger partial charge in [-0.3, -0.25) is 4.98 Å². The zero-order chi connectivity index (χ0) is 13.7. The number of aromatic carboxylic acids is 1. The Morgan fingerprint density at radius 3 is 2.95 bits per heavy atom. The number of aryl methyl sites for hydroxylation is 1. The molecule has 5 nitrogen and oxygen atoms in total. The van der Waals surface area contributed by atoms with Crippen LogP contribution in [0.15, 0.2) is 34.9 Å². The van der Waals surface area contributed by atoms with Crippen molar-refractivity contribution < 1.29 is 19.1 Å². The van der Waals surface area contributed by atoms with E-state index in [1.165, 1.54) is 6.07 Å². The van der Waals surface area contributed by atoms with Gasteiger partial charge in [-0.15, -0.1) is 0 Å². The Morgan fingerprint density at radius 1 is 1.47 bits per heavy atom. The molecule has 0 aliphatic rings. The van der Waals surface area contributed by atoms with Crippen LogP contribution in [-0.2, 0) is 17.8 Å². The van der Waals surface area contributed by atoms with Gasteiger partial charge in [-0.05, 0) is 25.1 Å². The fraction of sp³-hybridized carbons (Fsp3) is 0.286. The summed E-state index contributed by atoms with van der Waals surface area (Å²) in [5.74, 6) is -0.543. The van der Waals surface area contributed by atoms with Crippen molar-refractivity contribution in [2.45, 2.75) is 20.0 Å². The summed E-state index contributed by atoms with van der Waals surface area (Å²) in [6, 6.07) is 7.24. The average molecular weight is 261 g/mol. The fourth-order valence-corrected chi connectivity index (χ4v) is 1.67. The van der Waals surface area contributed by atoms with E-state index in [2.05, 4.69) is 4.98 Å². The molecule has 0 unspecified atom stereocenters. The Hall–Kier alpha value is -2.14. The number of carboxylic acid groups (broad SMARTS) is 1. The second-order valence-corrected chi connectivity index (χ2v) is 4.12.